The molecule has 0 aromatic heterocycles. The third kappa shape index (κ3) is 6.82. The van der Waals surface area contributed by atoms with Crippen molar-refractivity contribution in [2.24, 2.45) is 0 Å². The molecule has 0 heterocycles. The number of allylic oxidation sites excluding steroid dienone is 2. The minimum absolute atomic E-state index is 0.119. The molecule has 0 radical (unpaired) electrons. The van der Waals surface area contributed by atoms with E-state index < -0.39 is 40.6 Å². The van der Waals surface area contributed by atoms with Crippen molar-refractivity contribution in [1.82, 2.24) is 0 Å². The van der Waals surface area contributed by atoms with Crippen molar-refractivity contribution in [1.29, 1.82) is 0 Å². The van der Waals surface area contributed by atoms with Crippen molar-refractivity contribution in [3.8, 4) is 16.9 Å². The number of carbonyl (C=O) groups excluding carboxylic acids is 1. The summed E-state index contributed by atoms with van der Waals surface area (Å²) in [6, 6.07) is 21.2. The molecule has 4 aromatic rings. The van der Waals surface area contributed by atoms with Gasteiger partial charge in [-0.1, -0.05) is 73.7 Å². The summed E-state index contributed by atoms with van der Waals surface area (Å²) in [6.07, 6.45) is 4.89. The number of ether oxygens (including phenoxy) is 1. The summed E-state index contributed by atoms with van der Waals surface area (Å²) >= 11 is 0. The first-order chi connectivity index (χ1) is 18.8. The molecular formula is C33H28F4O2. The maximum Gasteiger partial charge on any atom is 0.349 e. The first kappa shape index (κ1) is 27.8. The predicted octanol–water partition coefficient (Wildman–Crippen LogP) is 8.98. The number of halogens is 4. The third-order valence-corrected chi connectivity index (χ3v) is 6.57. The van der Waals surface area contributed by atoms with Gasteiger partial charge in [-0.2, -0.15) is 0 Å². The average molecular weight is 533 g/mol. The number of hydrogen-bond donors (Lipinski definition) is 0. The van der Waals surface area contributed by atoms with E-state index in [1.807, 2.05) is 30.3 Å². The molecule has 0 N–H and O–H groups in total. The Hall–Kier alpha value is -4.19. The Morgan fingerprint density at radius 2 is 1.44 bits per heavy atom. The smallest absolute Gasteiger partial charge is 0.349 e. The second-order valence-corrected chi connectivity index (χ2v) is 9.39. The van der Waals surface area contributed by atoms with Gasteiger partial charge in [0.05, 0.1) is 0 Å². The molecule has 0 aliphatic heterocycles. The van der Waals surface area contributed by atoms with Crippen LogP contribution in [-0.2, 0) is 12.8 Å². The Kier molecular flexibility index (Phi) is 8.97. The maximum absolute atomic E-state index is 14.9. The molecule has 6 heteroatoms. The van der Waals surface area contributed by atoms with E-state index >= 15 is 0 Å². The van der Waals surface area contributed by atoms with Crippen molar-refractivity contribution in [3.63, 3.8) is 0 Å². The molecule has 0 unspecified atom stereocenters. The average Bonchev–Trinajstić information content (AvgIpc) is 2.90. The van der Waals surface area contributed by atoms with E-state index in [1.165, 1.54) is 5.56 Å². The predicted molar refractivity (Wildman–Crippen MR) is 145 cm³/mol. The van der Waals surface area contributed by atoms with E-state index in [1.54, 1.807) is 31.2 Å². The van der Waals surface area contributed by atoms with Crippen LogP contribution in [0.5, 0.6) is 5.75 Å². The molecule has 0 fully saturated rings. The zero-order chi connectivity index (χ0) is 27.9. The van der Waals surface area contributed by atoms with Crippen LogP contribution in [-0.4, -0.2) is 5.97 Å². The topological polar surface area (TPSA) is 26.3 Å². The van der Waals surface area contributed by atoms with Crippen molar-refractivity contribution in [2.75, 3.05) is 0 Å². The molecule has 0 amide bonds. The summed E-state index contributed by atoms with van der Waals surface area (Å²) in [6.45, 7) is 3.93. The lowest BCUT2D eigenvalue weighted by molar-refractivity contribution is 0.0723. The molecule has 1 atom stereocenters. The molecule has 4 aromatic carbocycles. The van der Waals surface area contributed by atoms with Gasteiger partial charge < -0.3 is 4.74 Å². The fraction of sp³-hybridized carbons (Fsp3) is 0.182. The van der Waals surface area contributed by atoms with Crippen LogP contribution in [0.2, 0.25) is 0 Å². The van der Waals surface area contributed by atoms with Crippen molar-refractivity contribution in [3.05, 3.63) is 137 Å². The van der Waals surface area contributed by atoms with E-state index in [0.717, 1.165) is 36.2 Å². The molecule has 4 rings (SSSR count). The summed E-state index contributed by atoms with van der Waals surface area (Å²) in [4.78, 5) is 12.5. The second kappa shape index (κ2) is 12.6. The molecule has 0 saturated carbocycles. The lowest BCUT2D eigenvalue weighted by Gasteiger charge is -2.13. The van der Waals surface area contributed by atoms with Crippen LogP contribution in [0.3, 0.4) is 0 Å². The van der Waals surface area contributed by atoms with Gasteiger partial charge >= 0.3 is 5.97 Å². The number of benzene rings is 4. The lowest BCUT2D eigenvalue weighted by Crippen LogP contribution is -2.14. The van der Waals surface area contributed by atoms with Crippen LogP contribution in [0.1, 0.15) is 53.2 Å². The SMILES string of the molecule is C/C=C/CCc1c(F)cc(OC(=O)c2c(F)cc(-c3ccc(C[C@H](C)c4ccccc4)cc3)cc2F)cc1F. The summed E-state index contributed by atoms with van der Waals surface area (Å²) in [5.41, 5.74) is 2.01. The van der Waals surface area contributed by atoms with E-state index in [4.69, 9.17) is 4.74 Å². The molecule has 0 saturated heterocycles. The summed E-state index contributed by atoms with van der Waals surface area (Å²) < 4.78 is 63.4. The Labute approximate surface area is 225 Å². The first-order valence-electron chi connectivity index (χ1n) is 12.7. The number of rotatable bonds is 9. The van der Waals surface area contributed by atoms with Gasteiger partial charge in [0.15, 0.2) is 0 Å². The maximum atomic E-state index is 14.9. The van der Waals surface area contributed by atoms with Crippen LogP contribution in [0, 0.1) is 23.3 Å². The van der Waals surface area contributed by atoms with Gasteiger partial charge in [0.2, 0.25) is 0 Å². The Morgan fingerprint density at radius 1 is 0.821 bits per heavy atom. The zero-order valence-electron chi connectivity index (χ0n) is 21.7. The quantitative estimate of drug-likeness (QED) is 0.0931. The van der Waals surface area contributed by atoms with Gasteiger partial charge in [-0.25, -0.2) is 22.4 Å². The molecule has 0 bridgehead atoms. The molecule has 39 heavy (non-hydrogen) atoms. The van der Waals surface area contributed by atoms with Gasteiger partial charge in [0, 0.05) is 17.7 Å². The van der Waals surface area contributed by atoms with Crippen molar-refractivity contribution < 1.29 is 27.1 Å². The summed E-state index contributed by atoms with van der Waals surface area (Å²) in [7, 11) is 0. The van der Waals surface area contributed by atoms with Crippen molar-refractivity contribution >= 4 is 5.97 Å². The lowest BCUT2D eigenvalue weighted by atomic mass is 9.93. The highest BCUT2D eigenvalue weighted by Gasteiger charge is 2.23. The molecule has 200 valence electrons. The minimum atomic E-state index is -1.39. The fourth-order valence-electron chi connectivity index (χ4n) is 4.45. The van der Waals surface area contributed by atoms with Crippen LogP contribution in [0.25, 0.3) is 11.1 Å². The normalized spacial score (nSPS) is 12.1. The van der Waals surface area contributed by atoms with Gasteiger partial charge in [-0.05, 0) is 66.5 Å². The highest BCUT2D eigenvalue weighted by Crippen LogP contribution is 2.28. The minimum Gasteiger partial charge on any atom is -0.423 e. The van der Waals surface area contributed by atoms with E-state index in [2.05, 4.69) is 19.1 Å². The fourth-order valence-corrected chi connectivity index (χ4v) is 4.45. The standard InChI is InChI=1S/C33H28F4O2/c1-3-4-6-11-27-28(34)19-26(20-29(27)35)39-33(38)32-30(36)17-25(18-31(32)37)24-14-12-22(13-15-24)16-21(2)23-9-7-5-8-10-23/h3-5,7-10,12-15,17-21H,6,11,16H2,1-2H3/b4-3+/t21-/m0/s1. The molecule has 0 spiro atoms. The van der Waals surface area contributed by atoms with Crippen LogP contribution >= 0.6 is 0 Å². The number of carbonyl (C=O) groups is 1. The number of esters is 1. The van der Waals surface area contributed by atoms with Gasteiger partial charge in [0.1, 0.15) is 34.6 Å². The molecule has 2 nitrogen and oxygen atoms in total. The van der Waals surface area contributed by atoms with E-state index in [-0.39, 0.29) is 17.5 Å². The zero-order valence-corrected chi connectivity index (χ0v) is 21.7. The monoisotopic (exact) mass is 532 g/mol. The third-order valence-electron chi connectivity index (χ3n) is 6.57. The van der Waals surface area contributed by atoms with Gasteiger partial charge in [-0.3, -0.25) is 0 Å². The summed E-state index contributed by atoms with van der Waals surface area (Å²) in [5, 5.41) is 0. The van der Waals surface area contributed by atoms with Gasteiger partial charge in [0.25, 0.3) is 0 Å². The highest BCUT2D eigenvalue weighted by molar-refractivity contribution is 5.92. The molecule has 0 aliphatic rings. The largest absolute Gasteiger partial charge is 0.423 e. The molecule has 0 aliphatic carbocycles. The first-order valence-corrected chi connectivity index (χ1v) is 12.7. The Balaban J connectivity index is 1.48. The van der Waals surface area contributed by atoms with Gasteiger partial charge in [-0.15, -0.1) is 0 Å². The number of hydrogen-bond acceptors (Lipinski definition) is 2. The van der Waals surface area contributed by atoms with Crippen molar-refractivity contribution in [2.45, 2.75) is 39.0 Å². The van der Waals surface area contributed by atoms with Crippen LogP contribution in [0.4, 0.5) is 17.6 Å². The highest BCUT2D eigenvalue weighted by atomic mass is 19.1. The summed E-state index contributed by atoms with van der Waals surface area (Å²) in [5.74, 6) is -5.65. The van der Waals surface area contributed by atoms with Crippen LogP contribution in [0.15, 0.2) is 91.0 Å². The van der Waals surface area contributed by atoms with E-state index in [0.29, 0.717) is 17.9 Å². The molecular weight excluding hydrogens is 504 g/mol. The Morgan fingerprint density at radius 3 is 2.03 bits per heavy atom. The van der Waals surface area contributed by atoms with E-state index in [9.17, 15) is 22.4 Å². The van der Waals surface area contributed by atoms with Crippen LogP contribution < -0.4 is 4.74 Å². The Bertz CT molecular complexity index is 1430. The second-order valence-electron chi connectivity index (χ2n) is 9.39.